The topological polar surface area (TPSA) is 74.8 Å². The first-order valence-corrected chi connectivity index (χ1v) is 13.6. The Morgan fingerprint density at radius 2 is 1.97 bits per heavy atom. The molecule has 4 aromatic rings. The van der Waals surface area contributed by atoms with Gasteiger partial charge in [0.05, 0.1) is 22.4 Å². The summed E-state index contributed by atoms with van der Waals surface area (Å²) in [5.74, 6) is 1.03. The van der Waals surface area contributed by atoms with Gasteiger partial charge in [-0.3, -0.25) is 9.59 Å². The summed E-state index contributed by atoms with van der Waals surface area (Å²) in [6, 6.07) is 12.3. The maximum Gasteiger partial charge on any atom is 0.259 e. The van der Waals surface area contributed by atoms with Crippen LogP contribution in [0.3, 0.4) is 0 Å². The summed E-state index contributed by atoms with van der Waals surface area (Å²) in [5, 5.41) is 5.62. The molecule has 2 atom stereocenters. The molecule has 0 saturated carbocycles. The number of hydrogen-bond donors (Lipinski definition) is 2. The monoisotopic (exact) mass is 497 g/mol. The molecule has 2 unspecified atom stereocenters. The molecule has 0 spiro atoms. The molecule has 1 aromatic carbocycles. The molecule has 8 heteroatoms. The summed E-state index contributed by atoms with van der Waals surface area (Å²) >= 11 is 4.64. The number of carbonyl (C=O) groups is 1. The lowest BCUT2D eigenvalue weighted by Crippen LogP contribution is -2.34. The van der Waals surface area contributed by atoms with Crippen LogP contribution in [0.5, 0.6) is 0 Å². The fourth-order valence-corrected chi connectivity index (χ4v) is 6.24. The second-order valence-electron chi connectivity index (χ2n) is 7.98. The summed E-state index contributed by atoms with van der Waals surface area (Å²) in [6.45, 7) is 7.97. The SMILES string of the molecule is CCc1ccc(C(NC(=O)C(C)SCc2nc3sc(C)c(C)c3c(=O)[nH]2)c2cccs2)cc1. The van der Waals surface area contributed by atoms with Crippen LogP contribution in [0.15, 0.2) is 46.6 Å². The Morgan fingerprint density at radius 3 is 2.64 bits per heavy atom. The van der Waals surface area contributed by atoms with Gasteiger partial charge in [-0.25, -0.2) is 4.98 Å². The van der Waals surface area contributed by atoms with Gasteiger partial charge in [0.25, 0.3) is 5.56 Å². The second kappa shape index (κ2) is 10.2. The molecule has 0 aliphatic rings. The van der Waals surface area contributed by atoms with E-state index in [4.69, 9.17) is 0 Å². The molecule has 3 heterocycles. The first-order chi connectivity index (χ1) is 15.9. The lowest BCUT2D eigenvalue weighted by Gasteiger charge is -2.21. The predicted molar refractivity (Wildman–Crippen MR) is 141 cm³/mol. The molecule has 0 aliphatic carbocycles. The highest BCUT2D eigenvalue weighted by molar-refractivity contribution is 7.99. The van der Waals surface area contributed by atoms with Crippen LogP contribution in [0.2, 0.25) is 0 Å². The highest BCUT2D eigenvalue weighted by atomic mass is 32.2. The molecule has 1 amide bonds. The molecule has 3 aromatic heterocycles. The molecule has 0 aliphatic heterocycles. The highest BCUT2D eigenvalue weighted by Gasteiger charge is 2.22. The number of hydrogen-bond acceptors (Lipinski definition) is 6. The Hall–Kier alpha value is -2.42. The Balaban J connectivity index is 1.46. The average Bonchev–Trinajstić information content (AvgIpc) is 3.44. The van der Waals surface area contributed by atoms with E-state index < -0.39 is 0 Å². The first-order valence-electron chi connectivity index (χ1n) is 10.9. The first kappa shape index (κ1) is 23.7. The minimum Gasteiger partial charge on any atom is -0.343 e. The number of amides is 1. The largest absolute Gasteiger partial charge is 0.343 e. The number of carbonyl (C=O) groups excluding carboxylic acids is 1. The van der Waals surface area contributed by atoms with Crippen molar-refractivity contribution in [1.29, 1.82) is 0 Å². The van der Waals surface area contributed by atoms with Crippen molar-refractivity contribution in [3.63, 3.8) is 0 Å². The third-order valence-corrected chi connectivity index (χ3v) is 8.96. The van der Waals surface area contributed by atoms with Gasteiger partial charge in [-0.05, 0) is 55.3 Å². The van der Waals surface area contributed by atoms with Gasteiger partial charge in [0.15, 0.2) is 0 Å². The Labute approximate surface area is 205 Å². The van der Waals surface area contributed by atoms with E-state index in [1.807, 2.05) is 32.2 Å². The van der Waals surface area contributed by atoms with Gasteiger partial charge in [-0.2, -0.15) is 0 Å². The zero-order valence-corrected chi connectivity index (χ0v) is 21.5. The zero-order chi connectivity index (χ0) is 23.5. The molecule has 0 bridgehead atoms. The number of benzene rings is 1. The maximum absolute atomic E-state index is 13.1. The van der Waals surface area contributed by atoms with Gasteiger partial charge in [0.2, 0.25) is 5.91 Å². The minimum atomic E-state index is -0.296. The molecule has 2 N–H and O–H groups in total. The molecule has 0 fully saturated rings. The molecule has 33 heavy (non-hydrogen) atoms. The number of aryl methyl sites for hydroxylation is 3. The van der Waals surface area contributed by atoms with Crippen LogP contribution < -0.4 is 10.9 Å². The summed E-state index contributed by atoms with van der Waals surface area (Å²) < 4.78 is 0. The quantitative estimate of drug-likeness (QED) is 0.325. The van der Waals surface area contributed by atoms with Crippen molar-refractivity contribution in [2.45, 2.75) is 51.2 Å². The Kier molecular flexibility index (Phi) is 7.36. The normalized spacial score (nSPS) is 13.2. The van der Waals surface area contributed by atoms with E-state index in [2.05, 4.69) is 52.5 Å². The van der Waals surface area contributed by atoms with Crippen molar-refractivity contribution in [1.82, 2.24) is 15.3 Å². The molecular formula is C25H27N3O2S3. The van der Waals surface area contributed by atoms with Crippen molar-refractivity contribution in [3.05, 3.63) is 84.4 Å². The van der Waals surface area contributed by atoms with Gasteiger partial charge in [-0.1, -0.05) is 37.3 Å². The van der Waals surface area contributed by atoms with E-state index in [0.29, 0.717) is 17.0 Å². The maximum atomic E-state index is 13.1. The van der Waals surface area contributed by atoms with Crippen LogP contribution >= 0.6 is 34.4 Å². The van der Waals surface area contributed by atoms with E-state index in [-0.39, 0.29) is 22.8 Å². The van der Waals surface area contributed by atoms with Crippen LogP contribution in [0, 0.1) is 13.8 Å². The van der Waals surface area contributed by atoms with E-state index in [1.165, 1.54) is 28.7 Å². The third-order valence-electron chi connectivity index (χ3n) is 5.76. The van der Waals surface area contributed by atoms with Crippen LogP contribution in [-0.2, 0) is 17.0 Å². The van der Waals surface area contributed by atoms with E-state index in [1.54, 1.807) is 11.3 Å². The van der Waals surface area contributed by atoms with Crippen molar-refractivity contribution < 1.29 is 4.79 Å². The fraction of sp³-hybridized carbons (Fsp3) is 0.320. The number of fused-ring (bicyclic) bond motifs is 1. The molecule has 0 saturated heterocycles. The van der Waals surface area contributed by atoms with Crippen molar-refractivity contribution >= 4 is 50.6 Å². The number of thiophene rings is 2. The number of nitrogens with one attached hydrogen (secondary N) is 2. The second-order valence-corrected chi connectivity index (χ2v) is 11.5. The lowest BCUT2D eigenvalue weighted by molar-refractivity contribution is -0.120. The van der Waals surface area contributed by atoms with Crippen LogP contribution in [0.1, 0.15) is 52.2 Å². The van der Waals surface area contributed by atoms with E-state index in [9.17, 15) is 9.59 Å². The lowest BCUT2D eigenvalue weighted by atomic mass is 10.0. The van der Waals surface area contributed by atoms with Gasteiger partial charge in [-0.15, -0.1) is 34.4 Å². The van der Waals surface area contributed by atoms with Crippen LogP contribution in [0.4, 0.5) is 0 Å². The van der Waals surface area contributed by atoms with E-state index in [0.717, 1.165) is 32.1 Å². The third kappa shape index (κ3) is 5.23. The molecular weight excluding hydrogens is 470 g/mol. The molecule has 172 valence electrons. The highest BCUT2D eigenvalue weighted by Crippen LogP contribution is 2.29. The zero-order valence-electron chi connectivity index (χ0n) is 19.1. The summed E-state index contributed by atoms with van der Waals surface area (Å²) in [7, 11) is 0. The van der Waals surface area contributed by atoms with Crippen molar-refractivity contribution in [2.75, 3.05) is 0 Å². The Morgan fingerprint density at radius 1 is 1.21 bits per heavy atom. The standard InChI is InChI=1S/C25H27N3O2S3/c1-5-17-8-10-18(11-9-17)22(19-7-6-12-31-19)28-23(29)16(4)32-13-20-26-24(30)21-14(2)15(3)33-25(21)27-20/h6-12,16,22H,5,13H2,1-4H3,(H,28,29)(H,26,27,30). The summed E-state index contributed by atoms with van der Waals surface area (Å²) in [6.07, 6.45) is 0.983. The number of rotatable bonds is 8. The number of aromatic nitrogens is 2. The van der Waals surface area contributed by atoms with Gasteiger partial charge in [0.1, 0.15) is 10.7 Å². The van der Waals surface area contributed by atoms with Gasteiger partial charge in [0, 0.05) is 9.75 Å². The number of nitrogens with zero attached hydrogens (tertiary/aromatic N) is 1. The van der Waals surface area contributed by atoms with Gasteiger partial charge >= 0.3 is 0 Å². The number of thioether (sulfide) groups is 1. The predicted octanol–water partition coefficient (Wildman–Crippen LogP) is 5.75. The van der Waals surface area contributed by atoms with Crippen LogP contribution in [-0.4, -0.2) is 21.1 Å². The molecule has 4 rings (SSSR count). The summed E-state index contributed by atoms with van der Waals surface area (Å²) in [4.78, 5) is 36.1. The average molecular weight is 498 g/mol. The van der Waals surface area contributed by atoms with Crippen LogP contribution in [0.25, 0.3) is 10.2 Å². The van der Waals surface area contributed by atoms with E-state index >= 15 is 0 Å². The summed E-state index contributed by atoms with van der Waals surface area (Å²) in [5.41, 5.74) is 3.22. The number of H-pyrrole nitrogens is 1. The molecule has 5 nitrogen and oxygen atoms in total. The van der Waals surface area contributed by atoms with Crippen molar-refractivity contribution in [3.8, 4) is 0 Å². The Bertz CT molecular complexity index is 1310. The fourth-order valence-electron chi connectivity index (χ4n) is 3.63. The number of aromatic amines is 1. The minimum absolute atomic E-state index is 0.0378. The smallest absolute Gasteiger partial charge is 0.259 e. The molecule has 0 radical (unpaired) electrons. The van der Waals surface area contributed by atoms with Gasteiger partial charge < -0.3 is 10.3 Å². The van der Waals surface area contributed by atoms with Crippen molar-refractivity contribution in [2.24, 2.45) is 0 Å².